The van der Waals surface area contributed by atoms with Gasteiger partial charge in [-0.1, -0.05) is 60.7 Å². The Morgan fingerprint density at radius 2 is 1.43 bits per heavy atom. The van der Waals surface area contributed by atoms with Crippen LogP contribution < -0.4 is 5.32 Å². The fourth-order valence-electron chi connectivity index (χ4n) is 2.37. The van der Waals surface area contributed by atoms with Crippen LogP contribution in [0.2, 0.25) is 0 Å². The highest BCUT2D eigenvalue weighted by Gasteiger charge is 2.10. The molecule has 0 saturated carbocycles. The highest BCUT2D eigenvalue weighted by molar-refractivity contribution is 6.06. The fourth-order valence-corrected chi connectivity index (χ4v) is 2.37. The number of para-hydroxylation sites is 1. The minimum absolute atomic E-state index is 0.203. The van der Waals surface area contributed by atoms with Gasteiger partial charge in [0, 0.05) is 22.4 Å². The predicted octanol–water partition coefficient (Wildman–Crippen LogP) is 4.42. The van der Waals surface area contributed by atoms with Crippen LogP contribution in [0.1, 0.15) is 20.7 Å². The topological polar surface area (TPSA) is 46.2 Å². The molecule has 3 nitrogen and oxygen atoms in total. The van der Waals surface area contributed by atoms with Crippen LogP contribution in [-0.2, 0) is 0 Å². The van der Waals surface area contributed by atoms with Gasteiger partial charge in [-0.3, -0.25) is 9.59 Å². The van der Waals surface area contributed by atoms with Gasteiger partial charge in [0.15, 0.2) is 0 Å². The molecule has 3 heteroatoms. The lowest BCUT2D eigenvalue weighted by atomic mass is 10.0. The molecule has 1 amide bonds. The second kappa shape index (κ2) is 6.71. The van der Waals surface area contributed by atoms with E-state index in [0.29, 0.717) is 11.1 Å². The first kappa shape index (κ1) is 14.7. The standard InChI is InChI=1S/C20H15NO2/c22-14-15-10-12-17(13-11-15)20(23)21-19-9-5-4-8-18(19)16-6-2-1-3-7-16/h1-14H,(H,21,23). The first-order chi connectivity index (χ1) is 11.3. The molecule has 0 unspecified atom stereocenters. The Kier molecular flexibility index (Phi) is 4.29. The van der Waals surface area contributed by atoms with Crippen molar-refractivity contribution in [3.8, 4) is 11.1 Å². The molecule has 3 aromatic carbocycles. The number of carbonyl (C=O) groups is 2. The lowest BCUT2D eigenvalue weighted by molar-refractivity contribution is 0.102. The van der Waals surface area contributed by atoms with Crippen molar-refractivity contribution in [2.75, 3.05) is 5.32 Å². The van der Waals surface area contributed by atoms with Crippen molar-refractivity contribution in [3.05, 3.63) is 90.0 Å². The zero-order valence-electron chi connectivity index (χ0n) is 12.4. The van der Waals surface area contributed by atoms with Crippen molar-refractivity contribution in [1.29, 1.82) is 0 Å². The summed E-state index contributed by atoms with van der Waals surface area (Å²) in [5.74, 6) is -0.203. The van der Waals surface area contributed by atoms with Gasteiger partial charge in [0.1, 0.15) is 6.29 Å². The van der Waals surface area contributed by atoms with Gasteiger partial charge in [-0.15, -0.1) is 0 Å². The molecule has 0 spiro atoms. The molecule has 0 aliphatic carbocycles. The summed E-state index contributed by atoms with van der Waals surface area (Å²) in [6, 6.07) is 24.1. The van der Waals surface area contributed by atoms with Gasteiger partial charge in [-0.05, 0) is 23.8 Å². The Balaban J connectivity index is 1.88. The van der Waals surface area contributed by atoms with E-state index in [1.54, 1.807) is 24.3 Å². The molecule has 0 saturated heterocycles. The van der Waals surface area contributed by atoms with E-state index in [-0.39, 0.29) is 5.91 Å². The molecule has 0 heterocycles. The smallest absolute Gasteiger partial charge is 0.255 e. The number of anilines is 1. The zero-order chi connectivity index (χ0) is 16.1. The van der Waals surface area contributed by atoms with E-state index in [1.165, 1.54) is 0 Å². The van der Waals surface area contributed by atoms with Crippen LogP contribution in [0, 0.1) is 0 Å². The second-order valence-electron chi connectivity index (χ2n) is 5.11. The van der Waals surface area contributed by atoms with Crippen molar-refractivity contribution in [1.82, 2.24) is 0 Å². The third-order valence-electron chi connectivity index (χ3n) is 3.57. The summed E-state index contributed by atoms with van der Waals surface area (Å²) in [7, 11) is 0. The summed E-state index contributed by atoms with van der Waals surface area (Å²) >= 11 is 0. The lowest BCUT2D eigenvalue weighted by Crippen LogP contribution is -2.12. The normalized spacial score (nSPS) is 10.1. The first-order valence-corrected chi connectivity index (χ1v) is 7.29. The molecule has 112 valence electrons. The Labute approximate surface area is 134 Å². The summed E-state index contributed by atoms with van der Waals surface area (Å²) in [6.07, 6.45) is 0.756. The number of benzene rings is 3. The highest BCUT2D eigenvalue weighted by Crippen LogP contribution is 2.27. The van der Waals surface area contributed by atoms with Crippen molar-refractivity contribution in [2.45, 2.75) is 0 Å². The average molecular weight is 301 g/mol. The van der Waals surface area contributed by atoms with Crippen LogP contribution in [0.5, 0.6) is 0 Å². The Morgan fingerprint density at radius 1 is 0.783 bits per heavy atom. The van der Waals surface area contributed by atoms with Crippen LogP contribution in [0.3, 0.4) is 0 Å². The largest absolute Gasteiger partial charge is 0.321 e. The van der Waals surface area contributed by atoms with Crippen LogP contribution in [0.4, 0.5) is 5.69 Å². The molecular formula is C20H15NO2. The fraction of sp³-hybridized carbons (Fsp3) is 0. The van der Waals surface area contributed by atoms with E-state index >= 15 is 0 Å². The van der Waals surface area contributed by atoms with Gasteiger partial charge in [-0.25, -0.2) is 0 Å². The molecule has 3 aromatic rings. The number of nitrogens with one attached hydrogen (secondary N) is 1. The molecule has 0 radical (unpaired) electrons. The van der Waals surface area contributed by atoms with Gasteiger partial charge in [0.2, 0.25) is 0 Å². The van der Waals surface area contributed by atoms with Crippen molar-refractivity contribution >= 4 is 17.9 Å². The molecule has 1 N–H and O–H groups in total. The maximum Gasteiger partial charge on any atom is 0.255 e. The second-order valence-corrected chi connectivity index (χ2v) is 5.11. The molecule has 0 aromatic heterocycles. The van der Waals surface area contributed by atoms with Gasteiger partial charge in [-0.2, -0.15) is 0 Å². The van der Waals surface area contributed by atoms with E-state index in [2.05, 4.69) is 5.32 Å². The van der Waals surface area contributed by atoms with Crippen molar-refractivity contribution in [2.24, 2.45) is 0 Å². The zero-order valence-corrected chi connectivity index (χ0v) is 12.4. The van der Waals surface area contributed by atoms with E-state index in [4.69, 9.17) is 0 Å². The average Bonchev–Trinajstić information content (AvgIpc) is 2.63. The number of rotatable bonds is 4. The highest BCUT2D eigenvalue weighted by atomic mass is 16.1. The molecule has 0 aliphatic heterocycles. The Morgan fingerprint density at radius 3 is 2.13 bits per heavy atom. The van der Waals surface area contributed by atoms with E-state index in [0.717, 1.165) is 23.1 Å². The van der Waals surface area contributed by atoms with Gasteiger partial charge >= 0.3 is 0 Å². The summed E-state index contributed by atoms with van der Waals surface area (Å²) in [6.45, 7) is 0. The molecule has 0 aliphatic rings. The maximum absolute atomic E-state index is 12.4. The summed E-state index contributed by atoms with van der Waals surface area (Å²) in [5.41, 5.74) is 3.82. The third kappa shape index (κ3) is 3.35. The minimum atomic E-state index is -0.203. The maximum atomic E-state index is 12.4. The predicted molar refractivity (Wildman–Crippen MR) is 91.7 cm³/mol. The molecule has 0 bridgehead atoms. The summed E-state index contributed by atoms with van der Waals surface area (Å²) < 4.78 is 0. The lowest BCUT2D eigenvalue weighted by Gasteiger charge is -2.11. The van der Waals surface area contributed by atoms with Crippen molar-refractivity contribution in [3.63, 3.8) is 0 Å². The van der Waals surface area contributed by atoms with E-state index < -0.39 is 0 Å². The number of carbonyl (C=O) groups excluding carboxylic acids is 2. The Hall–Kier alpha value is -3.20. The van der Waals surface area contributed by atoms with Gasteiger partial charge < -0.3 is 5.32 Å². The number of hydrogen-bond acceptors (Lipinski definition) is 2. The van der Waals surface area contributed by atoms with Crippen LogP contribution in [0.25, 0.3) is 11.1 Å². The SMILES string of the molecule is O=Cc1ccc(C(=O)Nc2ccccc2-c2ccccc2)cc1. The third-order valence-corrected chi connectivity index (χ3v) is 3.57. The number of hydrogen-bond donors (Lipinski definition) is 1. The van der Waals surface area contributed by atoms with Crippen LogP contribution >= 0.6 is 0 Å². The van der Waals surface area contributed by atoms with Gasteiger partial charge in [0.05, 0.1) is 0 Å². The molecule has 0 atom stereocenters. The number of amides is 1. The summed E-state index contributed by atoms with van der Waals surface area (Å²) in [4.78, 5) is 23.1. The quantitative estimate of drug-likeness (QED) is 0.725. The van der Waals surface area contributed by atoms with Crippen LogP contribution in [-0.4, -0.2) is 12.2 Å². The molecule has 3 rings (SSSR count). The first-order valence-electron chi connectivity index (χ1n) is 7.29. The molecule has 23 heavy (non-hydrogen) atoms. The Bertz CT molecular complexity index is 824. The van der Waals surface area contributed by atoms with Gasteiger partial charge in [0.25, 0.3) is 5.91 Å². The monoisotopic (exact) mass is 301 g/mol. The van der Waals surface area contributed by atoms with Crippen LogP contribution in [0.15, 0.2) is 78.9 Å². The summed E-state index contributed by atoms with van der Waals surface area (Å²) in [5, 5.41) is 2.94. The number of aldehydes is 1. The minimum Gasteiger partial charge on any atom is -0.321 e. The van der Waals surface area contributed by atoms with E-state index in [1.807, 2.05) is 54.6 Å². The van der Waals surface area contributed by atoms with Crippen molar-refractivity contribution < 1.29 is 9.59 Å². The molecular weight excluding hydrogens is 286 g/mol. The van der Waals surface area contributed by atoms with E-state index in [9.17, 15) is 9.59 Å². The molecule has 0 fully saturated rings.